The largest absolute Gasteiger partial charge is 0.497 e. The lowest BCUT2D eigenvalue weighted by molar-refractivity contribution is 0.0785. The molecule has 0 fully saturated rings. The first kappa shape index (κ1) is 14.7. The second-order valence-electron chi connectivity index (χ2n) is 4.90. The van der Waals surface area contributed by atoms with E-state index in [9.17, 15) is 4.79 Å². The van der Waals surface area contributed by atoms with Gasteiger partial charge in [0.2, 0.25) is 0 Å². The number of hydrogen-bond donors (Lipinski definition) is 2. The van der Waals surface area contributed by atoms with Crippen molar-refractivity contribution in [1.82, 2.24) is 4.90 Å². The lowest BCUT2D eigenvalue weighted by Gasteiger charge is -2.18. The number of carbonyl (C=O) groups excluding carboxylic acids is 1. The first-order chi connectivity index (χ1) is 9.99. The first-order valence-corrected chi connectivity index (χ1v) is 6.54. The van der Waals surface area contributed by atoms with E-state index in [4.69, 9.17) is 16.2 Å². The maximum absolute atomic E-state index is 12.4. The molecule has 4 N–H and O–H groups in total. The molecule has 2 rings (SSSR count). The van der Waals surface area contributed by atoms with Gasteiger partial charge in [0.25, 0.3) is 5.91 Å². The third-order valence-electron chi connectivity index (χ3n) is 3.15. The van der Waals surface area contributed by atoms with Crippen LogP contribution in [0.3, 0.4) is 0 Å². The van der Waals surface area contributed by atoms with Gasteiger partial charge >= 0.3 is 0 Å². The summed E-state index contributed by atoms with van der Waals surface area (Å²) in [5.41, 5.74) is 13.9. The molecule has 0 aromatic heterocycles. The number of amides is 1. The minimum absolute atomic E-state index is 0.121. The Bertz CT molecular complexity index is 618. The fourth-order valence-corrected chi connectivity index (χ4v) is 2.10. The quantitative estimate of drug-likeness (QED) is 0.843. The van der Waals surface area contributed by atoms with Gasteiger partial charge in [-0.2, -0.15) is 0 Å². The summed E-state index contributed by atoms with van der Waals surface area (Å²) < 4.78 is 5.11. The van der Waals surface area contributed by atoms with Gasteiger partial charge in [-0.25, -0.2) is 0 Å². The van der Waals surface area contributed by atoms with Gasteiger partial charge < -0.3 is 21.1 Å². The van der Waals surface area contributed by atoms with E-state index in [1.807, 2.05) is 24.3 Å². The number of ether oxygens (including phenoxy) is 1. The fourth-order valence-electron chi connectivity index (χ4n) is 2.10. The standard InChI is InChI=1S/C16H19N3O2/c1-19(10-11-3-5-15(21-2)6-4-11)16(20)12-7-13(17)9-14(18)8-12/h3-9H,10,17-18H2,1-2H3. The Hall–Kier alpha value is -2.69. The van der Waals surface area contributed by atoms with Crippen molar-refractivity contribution in [3.63, 3.8) is 0 Å². The number of nitrogen functional groups attached to an aromatic ring is 2. The third kappa shape index (κ3) is 3.66. The zero-order valence-corrected chi connectivity index (χ0v) is 12.2. The highest BCUT2D eigenvalue weighted by molar-refractivity contribution is 5.95. The van der Waals surface area contributed by atoms with E-state index in [-0.39, 0.29) is 5.91 Å². The average molecular weight is 285 g/mol. The van der Waals surface area contributed by atoms with Gasteiger partial charge in [0.05, 0.1) is 7.11 Å². The van der Waals surface area contributed by atoms with Gasteiger partial charge in [0, 0.05) is 30.5 Å². The van der Waals surface area contributed by atoms with E-state index in [0.29, 0.717) is 23.5 Å². The normalized spacial score (nSPS) is 10.2. The molecule has 0 bridgehead atoms. The van der Waals surface area contributed by atoms with Crippen molar-refractivity contribution in [2.45, 2.75) is 6.54 Å². The van der Waals surface area contributed by atoms with Gasteiger partial charge in [0.15, 0.2) is 0 Å². The van der Waals surface area contributed by atoms with Crippen LogP contribution in [0.4, 0.5) is 11.4 Å². The average Bonchev–Trinajstić information content (AvgIpc) is 2.46. The highest BCUT2D eigenvalue weighted by Gasteiger charge is 2.13. The van der Waals surface area contributed by atoms with Crippen molar-refractivity contribution in [1.29, 1.82) is 0 Å². The summed E-state index contributed by atoms with van der Waals surface area (Å²) in [4.78, 5) is 14.0. The molecule has 0 radical (unpaired) electrons. The maximum Gasteiger partial charge on any atom is 0.254 e. The summed E-state index contributed by atoms with van der Waals surface area (Å²) in [5.74, 6) is 0.668. The molecule has 0 aliphatic carbocycles. The van der Waals surface area contributed by atoms with Gasteiger partial charge in [-0.3, -0.25) is 4.79 Å². The smallest absolute Gasteiger partial charge is 0.254 e. The van der Waals surface area contributed by atoms with E-state index >= 15 is 0 Å². The molecule has 5 heteroatoms. The van der Waals surface area contributed by atoms with Gasteiger partial charge in [-0.1, -0.05) is 12.1 Å². The SMILES string of the molecule is COc1ccc(CN(C)C(=O)c2cc(N)cc(N)c2)cc1. The zero-order valence-electron chi connectivity index (χ0n) is 12.2. The van der Waals surface area contributed by atoms with Crippen molar-refractivity contribution in [3.05, 3.63) is 53.6 Å². The summed E-state index contributed by atoms with van der Waals surface area (Å²) in [5, 5.41) is 0. The molecule has 2 aromatic rings. The number of anilines is 2. The van der Waals surface area contributed by atoms with Crippen LogP contribution in [0.15, 0.2) is 42.5 Å². The van der Waals surface area contributed by atoms with Crippen LogP contribution < -0.4 is 16.2 Å². The van der Waals surface area contributed by atoms with Gasteiger partial charge in [-0.15, -0.1) is 0 Å². The number of methoxy groups -OCH3 is 1. The van der Waals surface area contributed by atoms with Crippen LogP contribution >= 0.6 is 0 Å². The summed E-state index contributed by atoms with van der Waals surface area (Å²) in [6.07, 6.45) is 0. The van der Waals surface area contributed by atoms with Crippen molar-refractivity contribution in [2.24, 2.45) is 0 Å². The van der Waals surface area contributed by atoms with Crippen LogP contribution in [-0.2, 0) is 6.54 Å². The topological polar surface area (TPSA) is 81.6 Å². The molecule has 0 saturated carbocycles. The van der Waals surface area contributed by atoms with Crippen LogP contribution in [0.1, 0.15) is 15.9 Å². The predicted octanol–water partition coefficient (Wildman–Crippen LogP) is 2.13. The van der Waals surface area contributed by atoms with E-state index in [2.05, 4.69) is 0 Å². The van der Waals surface area contributed by atoms with Gasteiger partial charge in [-0.05, 0) is 35.9 Å². The summed E-state index contributed by atoms with van der Waals surface area (Å²) >= 11 is 0. The zero-order chi connectivity index (χ0) is 15.4. The van der Waals surface area contributed by atoms with Crippen LogP contribution in [0.25, 0.3) is 0 Å². The Morgan fingerprint density at radius 2 is 1.67 bits per heavy atom. The van der Waals surface area contributed by atoms with E-state index in [1.165, 1.54) is 0 Å². The molecule has 0 spiro atoms. The molecule has 0 saturated heterocycles. The Labute approximate surface area is 124 Å². The molecule has 0 unspecified atom stereocenters. The molecular weight excluding hydrogens is 266 g/mol. The fraction of sp³-hybridized carbons (Fsp3) is 0.188. The number of nitrogens with two attached hydrogens (primary N) is 2. The van der Waals surface area contributed by atoms with E-state index < -0.39 is 0 Å². The number of benzene rings is 2. The summed E-state index contributed by atoms with van der Waals surface area (Å²) in [6.45, 7) is 0.498. The molecular formula is C16H19N3O2. The van der Waals surface area contributed by atoms with Crippen LogP contribution in [0.2, 0.25) is 0 Å². The minimum atomic E-state index is -0.121. The Kier molecular flexibility index (Phi) is 4.33. The monoisotopic (exact) mass is 285 g/mol. The molecule has 0 aliphatic heterocycles. The second kappa shape index (κ2) is 6.17. The van der Waals surface area contributed by atoms with Crippen LogP contribution in [0.5, 0.6) is 5.75 Å². The lowest BCUT2D eigenvalue weighted by Crippen LogP contribution is -2.26. The predicted molar refractivity (Wildman–Crippen MR) is 84.1 cm³/mol. The Morgan fingerprint density at radius 1 is 1.10 bits per heavy atom. The number of carbonyl (C=O) groups is 1. The molecule has 0 atom stereocenters. The van der Waals surface area contributed by atoms with E-state index in [1.54, 1.807) is 37.3 Å². The third-order valence-corrected chi connectivity index (χ3v) is 3.15. The van der Waals surface area contributed by atoms with Crippen molar-refractivity contribution >= 4 is 17.3 Å². The number of nitrogens with zero attached hydrogens (tertiary/aromatic N) is 1. The first-order valence-electron chi connectivity index (χ1n) is 6.54. The van der Waals surface area contributed by atoms with Crippen LogP contribution in [-0.4, -0.2) is 25.0 Å². The molecule has 1 amide bonds. The number of hydrogen-bond acceptors (Lipinski definition) is 4. The molecule has 21 heavy (non-hydrogen) atoms. The maximum atomic E-state index is 12.4. The minimum Gasteiger partial charge on any atom is -0.497 e. The number of rotatable bonds is 4. The lowest BCUT2D eigenvalue weighted by atomic mass is 10.1. The van der Waals surface area contributed by atoms with Crippen molar-refractivity contribution in [2.75, 3.05) is 25.6 Å². The molecule has 110 valence electrons. The van der Waals surface area contributed by atoms with Crippen molar-refractivity contribution in [3.8, 4) is 5.75 Å². The van der Waals surface area contributed by atoms with Gasteiger partial charge in [0.1, 0.15) is 5.75 Å². The molecule has 0 aliphatic rings. The van der Waals surface area contributed by atoms with E-state index in [0.717, 1.165) is 11.3 Å². The highest BCUT2D eigenvalue weighted by atomic mass is 16.5. The molecule has 0 heterocycles. The molecule has 2 aromatic carbocycles. The van der Waals surface area contributed by atoms with Crippen LogP contribution in [0, 0.1) is 0 Å². The second-order valence-corrected chi connectivity index (χ2v) is 4.90. The van der Waals surface area contributed by atoms with Crippen molar-refractivity contribution < 1.29 is 9.53 Å². The summed E-state index contributed by atoms with van der Waals surface area (Å²) in [7, 11) is 3.36. The molecule has 5 nitrogen and oxygen atoms in total. The highest BCUT2D eigenvalue weighted by Crippen LogP contribution is 2.17. The Balaban J connectivity index is 2.11. The Morgan fingerprint density at radius 3 is 2.19 bits per heavy atom. The summed E-state index contributed by atoms with van der Waals surface area (Å²) in [6, 6.07) is 12.5.